The molecule has 0 aliphatic heterocycles. The van der Waals surface area contributed by atoms with E-state index >= 15 is 0 Å². The Hall–Kier alpha value is -2.73. The molecule has 0 unspecified atom stereocenters. The highest BCUT2D eigenvalue weighted by Gasteiger charge is 2.19. The minimum atomic E-state index is -0.303. The summed E-state index contributed by atoms with van der Waals surface area (Å²) in [5.74, 6) is 0.182. The van der Waals surface area contributed by atoms with Crippen LogP contribution in [0.15, 0.2) is 53.4 Å². The fourth-order valence-corrected chi connectivity index (χ4v) is 3.38. The van der Waals surface area contributed by atoms with Gasteiger partial charge >= 0.3 is 0 Å². The van der Waals surface area contributed by atoms with E-state index in [-0.39, 0.29) is 5.82 Å². The van der Waals surface area contributed by atoms with Gasteiger partial charge in [-0.25, -0.2) is 14.4 Å². The normalized spacial score (nSPS) is 10.7. The molecule has 2 N–H and O–H groups in total. The SMILES string of the molecule is CCCC(=N)c1nc(-c2ccc(F)cc2)nc(-c2ccc(SC)cc2)c1NC. The van der Waals surface area contributed by atoms with Crippen molar-refractivity contribution in [3.8, 4) is 22.6 Å². The highest BCUT2D eigenvalue weighted by atomic mass is 32.2. The van der Waals surface area contributed by atoms with Gasteiger partial charge in [-0.3, -0.25) is 0 Å². The smallest absolute Gasteiger partial charge is 0.160 e. The first-order valence-corrected chi connectivity index (χ1v) is 10.4. The van der Waals surface area contributed by atoms with Gasteiger partial charge in [0.1, 0.15) is 11.5 Å². The van der Waals surface area contributed by atoms with Gasteiger partial charge in [0.05, 0.1) is 17.1 Å². The highest BCUT2D eigenvalue weighted by Crippen LogP contribution is 2.32. The van der Waals surface area contributed by atoms with E-state index in [9.17, 15) is 4.39 Å². The quantitative estimate of drug-likeness (QED) is 0.388. The molecule has 144 valence electrons. The first-order chi connectivity index (χ1) is 13.6. The maximum Gasteiger partial charge on any atom is 0.160 e. The van der Waals surface area contributed by atoms with E-state index in [0.717, 1.165) is 28.9 Å². The molecule has 0 aliphatic carbocycles. The molecule has 0 amide bonds. The lowest BCUT2D eigenvalue weighted by molar-refractivity contribution is 0.628. The summed E-state index contributed by atoms with van der Waals surface area (Å²) in [7, 11) is 1.82. The predicted octanol–water partition coefficient (Wildman–Crippen LogP) is 5.88. The van der Waals surface area contributed by atoms with Gasteiger partial charge in [-0.1, -0.05) is 25.5 Å². The number of anilines is 1. The van der Waals surface area contributed by atoms with Crippen molar-refractivity contribution >= 4 is 23.2 Å². The van der Waals surface area contributed by atoms with Crippen LogP contribution in [-0.4, -0.2) is 29.0 Å². The molecule has 1 heterocycles. The predicted molar refractivity (Wildman–Crippen MR) is 116 cm³/mol. The summed E-state index contributed by atoms with van der Waals surface area (Å²) in [6.07, 6.45) is 3.52. The van der Waals surface area contributed by atoms with Gasteiger partial charge < -0.3 is 10.7 Å². The van der Waals surface area contributed by atoms with Crippen LogP contribution in [0.4, 0.5) is 10.1 Å². The van der Waals surface area contributed by atoms with Crippen LogP contribution in [0.5, 0.6) is 0 Å². The van der Waals surface area contributed by atoms with Gasteiger partial charge in [0.2, 0.25) is 0 Å². The Balaban J connectivity index is 2.22. The number of hydrogen-bond acceptors (Lipinski definition) is 5. The van der Waals surface area contributed by atoms with Crippen molar-refractivity contribution in [1.82, 2.24) is 9.97 Å². The van der Waals surface area contributed by atoms with Crippen LogP contribution < -0.4 is 5.32 Å². The van der Waals surface area contributed by atoms with Crippen molar-refractivity contribution in [3.63, 3.8) is 0 Å². The van der Waals surface area contributed by atoms with Crippen molar-refractivity contribution in [2.45, 2.75) is 24.7 Å². The molecule has 0 radical (unpaired) electrons. The number of nitrogens with zero attached hydrogens (tertiary/aromatic N) is 2. The average Bonchev–Trinajstić information content (AvgIpc) is 2.73. The zero-order chi connectivity index (χ0) is 20.1. The van der Waals surface area contributed by atoms with E-state index in [0.29, 0.717) is 23.7 Å². The molecular weight excluding hydrogens is 371 g/mol. The maximum atomic E-state index is 13.4. The van der Waals surface area contributed by atoms with Crippen LogP contribution in [0, 0.1) is 11.2 Å². The van der Waals surface area contributed by atoms with Gasteiger partial charge in [-0.05, 0) is 49.1 Å². The van der Waals surface area contributed by atoms with Gasteiger partial charge in [-0.15, -0.1) is 11.8 Å². The first kappa shape index (κ1) is 20.0. The van der Waals surface area contributed by atoms with E-state index in [1.54, 1.807) is 23.9 Å². The number of aromatic nitrogens is 2. The number of halogens is 1. The molecule has 1 aromatic heterocycles. The molecule has 6 heteroatoms. The molecule has 0 aliphatic rings. The molecule has 0 saturated heterocycles. The molecule has 2 aromatic carbocycles. The molecular formula is C22H23FN4S. The van der Waals surface area contributed by atoms with E-state index in [1.807, 2.05) is 32.4 Å². The third kappa shape index (κ3) is 4.22. The van der Waals surface area contributed by atoms with Gasteiger partial charge in [0, 0.05) is 23.1 Å². The molecule has 0 fully saturated rings. The van der Waals surface area contributed by atoms with Crippen LogP contribution in [0.1, 0.15) is 25.5 Å². The summed E-state index contributed by atoms with van der Waals surface area (Å²) in [5, 5.41) is 11.7. The monoisotopic (exact) mass is 394 g/mol. The van der Waals surface area contributed by atoms with Crippen LogP contribution in [0.2, 0.25) is 0 Å². The minimum Gasteiger partial charge on any atom is -0.385 e. The highest BCUT2D eigenvalue weighted by molar-refractivity contribution is 7.98. The second-order valence-electron chi connectivity index (χ2n) is 6.33. The fourth-order valence-electron chi connectivity index (χ4n) is 2.97. The Morgan fingerprint density at radius 3 is 2.25 bits per heavy atom. The number of thioether (sulfide) groups is 1. The van der Waals surface area contributed by atoms with E-state index in [2.05, 4.69) is 22.4 Å². The van der Waals surface area contributed by atoms with E-state index < -0.39 is 0 Å². The van der Waals surface area contributed by atoms with E-state index in [4.69, 9.17) is 10.4 Å². The molecule has 3 rings (SSSR count). The number of benzene rings is 2. The Kier molecular flexibility index (Phi) is 6.41. The maximum absolute atomic E-state index is 13.4. The first-order valence-electron chi connectivity index (χ1n) is 9.15. The standard InChI is InChI=1S/C22H23FN4S/c1-4-5-18(24)20-21(25-2)19(14-8-12-17(28-3)13-9-14)26-22(27-20)15-6-10-16(23)11-7-15/h6-13,24-25H,4-5H2,1-3H3. The largest absolute Gasteiger partial charge is 0.385 e. The third-order valence-corrected chi connectivity index (χ3v) is 5.15. The molecule has 0 spiro atoms. The van der Waals surface area contributed by atoms with Crippen LogP contribution in [0.3, 0.4) is 0 Å². The van der Waals surface area contributed by atoms with Crippen molar-refractivity contribution in [2.24, 2.45) is 0 Å². The molecule has 4 nitrogen and oxygen atoms in total. The number of hydrogen-bond donors (Lipinski definition) is 2. The Labute approximate surface area is 169 Å². The van der Waals surface area contributed by atoms with E-state index in [1.165, 1.54) is 17.0 Å². The third-order valence-electron chi connectivity index (χ3n) is 4.41. The minimum absolute atomic E-state index is 0.303. The lowest BCUT2D eigenvalue weighted by Crippen LogP contribution is -2.11. The summed E-state index contributed by atoms with van der Waals surface area (Å²) in [5.41, 5.74) is 4.18. The summed E-state index contributed by atoms with van der Waals surface area (Å²) >= 11 is 1.68. The summed E-state index contributed by atoms with van der Waals surface area (Å²) < 4.78 is 13.4. The average molecular weight is 395 g/mol. The molecule has 0 saturated carbocycles. The number of nitrogens with one attached hydrogen (secondary N) is 2. The lowest BCUT2D eigenvalue weighted by Gasteiger charge is -2.16. The van der Waals surface area contributed by atoms with Crippen molar-refractivity contribution in [1.29, 1.82) is 5.41 Å². The second-order valence-corrected chi connectivity index (χ2v) is 7.21. The summed E-state index contributed by atoms with van der Waals surface area (Å²) in [4.78, 5) is 10.6. The summed E-state index contributed by atoms with van der Waals surface area (Å²) in [6.45, 7) is 2.04. The molecule has 0 atom stereocenters. The second kappa shape index (κ2) is 8.97. The lowest BCUT2D eigenvalue weighted by atomic mass is 10.0. The van der Waals surface area contributed by atoms with Crippen molar-refractivity contribution < 1.29 is 4.39 Å². The zero-order valence-corrected chi connectivity index (χ0v) is 17.0. The van der Waals surface area contributed by atoms with Gasteiger partial charge in [0.25, 0.3) is 0 Å². The molecule has 3 aromatic rings. The fraction of sp³-hybridized carbons (Fsp3) is 0.227. The van der Waals surface area contributed by atoms with Gasteiger partial charge in [0.15, 0.2) is 5.82 Å². The zero-order valence-electron chi connectivity index (χ0n) is 16.2. The van der Waals surface area contributed by atoms with Crippen molar-refractivity contribution in [3.05, 3.63) is 60.0 Å². The Morgan fingerprint density at radius 1 is 1.04 bits per heavy atom. The van der Waals surface area contributed by atoms with Crippen LogP contribution in [0.25, 0.3) is 22.6 Å². The Bertz CT molecular complexity index is 969. The number of rotatable bonds is 7. The summed E-state index contributed by atoms with van der Waals surface area (Å²) in [6, 6.07) is 14.3. The van der Waals surface area contributed by atoms with Crippen LogP contribution >= 0.6 is 11.8 Å². The molecule has 0 bridgehead atoms. The topological polar surface area (TPSA) is 61.7 Å². The Morgan fingerprint density at radius 2 is 1.68 bits per heavy atom. The van der Waals surface area contributed by atoms with Crippen LogP contribution in [-0.2, 0) is 0 Å². The van der Waals surface area contributed by atoms with Gasteiger partial charge in [-0.2, -0.15) is 0 Å². The van der Waals surface area contributed by atoms with Crippen molar-refractivity contribution in [2.75, 3.05) is 18.6 Å². The molecule has 28 heavy (non-hydrogen) atoms.